The highest BCUT2D eigenvalue weighted by atomic mass is 16.2. The molecule has 118 valence electrons. The van der Waals surface area contributed by atoms with Gasteiger partial charge in [-0.05, 0) is 50.4 Å². The zero-order valence-corrected chi connectivity index (χ0v) is 13.3. The van der Waals surface area contributed by atoms with E-state index in [9.17, 15) is 4.79 Å². The number of rotatable bonds is 2. The fraction of sp³-hybridized carbons (Fsp3) is 0.944. The number of fused-ring (bicyclic) bond motifs is 2. The van der Waals surface area contributed by atoms with E-state index in [2.05, 4.69) is 9.80 Å². The second-order valence-corrected chi connectivity index (χ2v) is 7.93. The van der Waals surface area contributed by atoms with E-state index in [4.69, 9.17) is 0 Å². The lowest BCUT2D eigenvalue weighted by molar-refractivity contribution is -0.137. The first-order valence-corrected chi connectivity index (χ1v) is 9.34. The number of nitrogens with zero attached hydrogens (tertiary/aromatic N) is 2. The number of carbonyl (C=O) groups is 1. The van der Waals surface area contributed by atoms with Gasteiger partial charge in [-0.1, -0.05) is 19.3 Å². The van der Waals surface area contributed by atoms with E-state index in [1.54, 1.807) is 0 Å². The Morgan fingerprint density at radius 1 is 0.810 bits per heavy atom. The Bertz CT molecular complexity index is 391. The van der Waals surface area contributed by atoms with Crippen LogP contribution in [0.4, 0.5) is 0 Å². The van der Waals surface area contributed by atoms with Crippen LogP contribution in [0.5, 0.6) is 0 Å². The molecule has 4 fully saturated rings. The molecule has 0 aromatic rings. The van der Waals surface area contributed by atoms with Gasteiger partial charge in [0.2, 0.25) is 5.91 Å². The maximum Gasteiger partial charge on any atom is 0.226 e. The van der Waals surface area contributed by atoms with E-state index in [1.165, 1.54) is 64.3 Å². The van der Waals surface area contributed by atoms with E-state index >= 15 is 0 Å². The van der Waals surface area contributed by atoms with Gasteiger partial charge < -0.3 is 4.90 Å². The van der Waals surface area contributed by atoms with Crippen molar-refractivity contribution >= 4 is 5.91 Å². The van der Waals surface area contributed by atoms with Crippen LogP contribution >= 0.6 is 0 Å². The third-order valence-electron chi connectivity index (χ3n) is 6.74. The predicted molar refractivity (Wildman–Crippen MR) is 84.0 cm³/mol. The van der Waals surface area contributed by atoms with Crippen molar-refractivity contribution in [1.82, 2.24) is 9.80 Å². The molecule has 0 radical (unpaired) electrons. The lowest BCUT2D eigenvalue weighted by Crippen LogP contribution is -2.41. The Balaban J connectivity index is 1.34. The highest BCUT2D eigenvalue weighted by Gasteiger charge is 2.44. The monoisotopic (exact) mass is 290 g/mol. The number of hydrogen-bond donors (Lipinski definition) is 0. The Kier molecular flexibility index (Phi) is 3.95. The van der Waals surface area contributed by atoms with Gasteiger partial charge in [-0.3, -0.25) is 9.69 Å². The lowest BCUT2D eigenvalue weighted by Gasteiger charge is -2.29. The predicted octanol–water partition coefficient (Wildman–Crippen LogP) is 2.90. The van der Waals surface area contributed by atoms with Crippen molar-refractivity contribution in [2.24, 2.45) is 17.8 Å². The van der Waals surface area contributed by atoms with E-state index in [0.29, 0.717) is 11.8 Å². The van der Waals surface area contributed by atoms with Gasteiger partial charge in [0.15, 0.2) is 0 Å². The van der Waals surface area contributed by atoms with Gasteiger partial charge in [0.1, 0.15) is 0 Å². The molecule has 21 heavy (non-hydrogen) atoms. The van der Waals surface area contributed by atoms with E-state index < -0.39 is 0 Å². The Hall–Kier alpha value is -0.570. The molecule has 4 aliphatic rings. The Morgan fingerprint density at radius 2 is 1.67 bits per heavy atom. The minimum absolute atomic E-state index is 0.391. The second kappa shape index (κ2) is 5.91. The summed E-state index contributed by atoms with van der Waals surface area (Å²) >= 11 is 0. The summed E-state index contributed by atoms with van der Waals surface area (Å²) in [5.41, 5.74) is 0. The average Bonchev–Trinajstić information content (AvgIpc) is 3.22. The van der Waals surface area contributed by atoms with Crippen molar-refractivity contribution in [1.29, 1.82) is 0 Å². The molecule has 3 aliphatic carbocycles. The van der Waals surface area contributed by atoms with Gasteiger partial charge in [0, 0.05) is 38.1 Å². The molecule has 0 aromatic heterocycles. The molecule has 1 heterocycles. The molecule has 1 aliphatic heterocycles. The summed E-state index contributed by atoms with van der Waals surface area (Å²) < 4.78 is 0. The quantitative estimate of drug-likeness (QED) is 0.781. The third kappa shape index (κ3) is 2.74. The number of hydrogen-bond acceptors (Lipinski definition) is 2. The normalized spacial score (nSPS) is 38.1. The van der Waals surface area contributed by atoms with Gasteiger partial charge in [0.25, 0.3) is 0 Å². The van der Waals surface area contributed by atoms with E-state index in [-0.39, 0.29) is 0 Å². The summed E-state index contributed by atoms with van der Waals surface area (Å²) in [6, 6.07) is 0.822. The maximum atomic E-state index is 12.9. The molecule has 0 aromatic carbocycles. The molecule has 1 saturated heterocycles. The molecule has 3 heteroatoms. The van der Waals surface area contributed by atoms with Crippen LogP contribution in [-0.2, 0) is 4.79 Å². The minimum Gasteiger partial charge on any atom is -0.341 e. The van der Waals surface area contributed by atoms with Crippen molar-refractivity contribution in [2.75, 3.05) is 26.2 Å². The van der Waals surface area contributed by atoms with Crippen LogP contribution in [0.2, 0.25) is 0 Å². The Morgan fingerprint density at radius 3 is 2.38 bits per heavy atom. The largest absolute Gasteiger partial charge is 0.341 e. The second-order valence-electron chi connectivity index (χ2n) is 7.93. The SMILES string of the molecule is O=C(C1CC2CCC1C2)N1CCCN(C2CCCC2)CC1. The summed E-state index contributed by atoms with van der Waals surface area (Å²) in [6.45, 7) is 4.33. The first kappa shape index (κ1) is 14.0. The topological polar surface area (TPSA) is 23.6 Å². The average molecular weight is 290 g/mol. The molecule has 0 spiro atoms. The fourth-order valence-electron chi connectivity index (χ4n) is 5.57. The Labute approximate surface area is 129 Å². The summed E-state index contributed by atoms with van der Waals surface area (Å²) in [6.07, 6.45) is 12.0. The molecular weight excluding hydrogens is 260 g/mol. The first-order chi connectivity index (χ1) is 10.3. The third-order valence-corrected chi connectivity index (χ3v) is 6.74. The van der Waals surface area contributed by atoms with Crippen LogP contribution in [0, 0.1) is 17.8 Å². The summed E-state index contributed by atoms with van der Waals surface area (Å²) in [4.78, 5) is 17.8. The maximum absolute atomic E-state index is 12.9. The number of carbonyl (C=O) groups excluding carboxylic acids is 1. The molecule has 3 nitrogen and oxygen atoms in total. The molecule has 3 unspecified atom stereocenters. The van der Waals surface area contributed by atoms with Crippen molar-refractivity contribution in [3.05, 3.63) is 0 Å². The van der Waals surface area contributed by atoms with Gasteiger partial charge >= 0.3 is 0 Å². The van der Waals surface area contributed by atoms with E-state index in [0.717, 1.165) is 37.5 Å². The summed E-state index contributed by atoms with van der Waals surface area (Å²) in [7, 11) is 0. The summed E-state index contributed by atoms with van der Waals surface area (Å²) in [5.74, 6) is 2.51. The molecule has 4 rings (SSSR count). The standard InChI is InChI=1S/C18H30N2O/c21-18(17-13-14-6-7-15(17)12-14)20-9-3-8-19(10-11-20)16-4-1-2-5-16/h14-17H,1-13H2. The molecular formula is C18H30N2O. The fourth-order valence-corrected chi connectivity index (χ4v) is 5.57. The number of amides is 1. The lowest BCUT2D eigenvalue weighted by atomic mass is 9.87. The van der Waals surface area contributed by atoms with Gasteiger partial charge in [-0.25, -0.2) is 0 Å². The highest BCUT2D eigenvalue weighted by molar-refractivity contribution is 5.79. The van der Waals surface area contributed by atoms with Crippen molar-refractivity contribution in [3.8, 4) is 0 Å². The molecule has 2 bridgehead atoms. The van der Waals surface area contributed by atoms with Crippen LogP contribution in [0.3, 0.4) is 0 Å². The molecule has 3 atom stereocenters. The van der Waals surface area contributed by atoms with Crippen molar-refractivity contribution in [3.63, 3.8) is 0 Å². The van der Waals surface area contributed by atoms with Crippen LogP contribution in [0.15, 0.2) is 0 Å². The highest BCUT2D eigenvalue weighted by Crippen LogP contribution is 2.48. The molecule has 3 saturated carbocycles. The van der Waals surface area contributed by atoms with Crippen LogP contribution in [0.25, 0.3) is 0 Å². The van der Waals surface area contributed by atoms with Gasteiger partial charge in [-0.15, -0.1) is 0 Å². The van der Waals surface area contributed by atoms with Crippen molar-refractivity contribution < 1.29 is 4.79 Å². The zero-order valence-electron chi connectivity index (χ0n) is 13.3. The molecule has 0 N–H and O–H groups in total. The van der Waals surface area contributed by atoms with Gasteiger partial charge in [-0.2, -0.15) is 0 Å². The first-order valence-electron chi connectivity index (χ1n) is 9.34. The smallest absolute Gasteiger partial charge is 0.226 e. The van der Waals surface area contributed by atoms with Crippen LogP contribution in [0.1, 0.15) is 57.8 Å². The van der Waals surface area contributed by atoms with Crippen LogP contribution in [-0.4, -0.2) is 47.9 Å². The van der Waals surface area contributed by atoms with Crippen LogP contribution < -0.4 is 0 Å². The minimum atomic E-state index is 0.391. The van der Waals surface area contributed by atoms with Crippen molar-refractivity contribution in [2.45, 2.75) is 63.8 Å². The van der Waals surface area contributed by atoms with E-state index in [1.807, 2.05) is 0 Å². The van der Waals surface area contributed by atoms with Gasteiger partial charge in [0.05, 0.1) is 0 Å². The zero-order chi connectivity index (χ0) is 14.2. The summed E-state index contributed by atoms with van der Waals surface area (Å²) in [5, 5.41) is 0. The molecule has 1 amide bonds.